The number of aldehydes is 1. The van der Waals surface area contributed by atoms with Crippen molar-refractivity contribution in [2.45, 2.75) is 83.7 Å². The smallest absolute Gasteiger partial charge is 0.403 e. The van der Waals surface area contributed by atoms with Crippen LogP contribution in [0.1, 0.15) is 66.2 Å². The Labute approximate surface area is 150 Å². The predicted octanol–water partition coefficient (Wildman–Crippen LogP) is 2.53. The Balaban J connectivity index is 2.14. The van der Waals surface area contributed by atoms with Crippen molar-refractivity contribution < 1.29 is 28.5 Å². The first-order valence-corrected chi connectivity index (χ1v) is 8.85. The maximum absolute atomic E-state index is 11.7. The molecule has 142 valence electrons. The molecule has 0 saturated carbocycles. The van der Waals surface area contributed by atoms with Gasteiger partial charge in [0.25, 0.3) is 5.91 Å². The highest BCUT2D eigenvalue weighted by molar-refractivity contribution is 6.45. The fourth-order valence-electron chi connectivity index (χ4n) is 2.43. The zero-order chi connectivity index (χ0) is 19.1. The number of carbonyl (C=O) groups is 3. The molecule has 1 rings (SSSR count). The topological polar surface area (TPSA) is 82.1 Å². The number of hydrogen-bond acceptors (Lipinski definition) is 6. The van der Waals surface area contributed by atoms with E-state index in [0.717, 1.165) is 24.2 Å². The molecule has 0 aromatic carbocycles. The predicted molar refractivity (Wildman–Crippen MR) is 93.5 cm³/mol. The van der Waals surface area contributed by atoms with Crippen LogP contribution in [-0.4, -0.2) is 48.6 Å². The zero-order valence-electron chi connectivity index (χ0n) is 16.0. The third kappa shape index (κ3) is 6.78. The Kier molecular flexibility index (Phi) is 8.08. The molecule has 0 atom stereocenters. The molecule has 0 aromatic heterocycles. The first-order valence-electron chi connectivity index (χ1n) is 8.85. The average Bonchev–Trinajstić information content (AvgIpc) is 2.71. The van der Waals surface area contributed by atoms with E-state index in [-0.39, 0.29) is 43.5 Å². The highest BCUT2D eigenvalue weighted by atomic mass is 16.7. The van der Waals surface area contributed by atoms with Crippen LogP contribution in [-0.2, 0) is 28.5 Å². The van der Waals surface area contributed by atoms with Gasteiger partial charge < -0.3 is 18.9 Å². The van der Waals surface area contributed by atoms with Crippen LogP contribution >= 0.6 is 0 Å². The molecule has 1 saturated heterocycles. The van der Waals surface area contributed by atoms with Gasteiger partial charge in [0.05, 0.1) is 11.2 Å². The Hall–Kier alpha value is -1.41. The molecule has 1 fully saturated rings. The van der Waals surface area contributed by atoms with Crippen LogP contribution in [0, 0.1) is 0 Å². The van der Waals surface area contributed by atoms with Crippen molar-refractivity contribution >= 4 is 25.3 Å². The molecular formula is C17H30BNO6. The van der Waals surface area contributed by atoms with Gasteiger partial charge in [0, 0.05) is 26.3 Å². The van der Waals surface area contributed by atoms with Crippen LogP contribution in [0.15, 0.2) is 0 Å². The summed E-state index contributed by atoms with van der Waals surface area (Å²) in [7, 11) is 1.17. The maximum atomic E-state index is 11.7. The standard InChI is InChI=1S/C17H30BNO6/c1-16(2)17(3,4)25-18(24-16)12-8-6-7-11-15(22)23-19(5)14(21)10-9-13-20/h13H,6-12H2,1-5H3. The van der Waals surface area contributed by atoms with Crippen molar-refractivity contribution in [2.75, 3.05) is 7.05 Å². The van der Waals surface area contributed by atoms with Crippen molar-refractivity contribution in [3.63, 3.8) is 0 Å². The highest BCUT2D eigenvalue weighted by Crippen LogP contribution is 2.38. The van der Waals surface area contributed by atoms with Gasteiger partial charge in [-0.05, 0) is 40.4 Å². The Morgan fingerprint density at radius 3 is 2.20 bits per heavy atom. The molecule has 1 amide bonds. The van der Waals surface area contributed by atoms with Crippen molar-refractivity contribution in [3.8, 4) is 0 Å². The summed E-state index contributed by atoms with van der Waals surface area (Å²) < 4.78 is 11.8. The number of hydrogen-bond donors (Lipinski definition) is 0. The number of unbranched alkanes of at least 4 members (excludes halogenated alkanes) is 2. The van der Waals surface area contributed by atoms with E-state index in [4.69, 9.17) is 14.1 Å². The molecule has 1 heterocycles. The van der Waals surface area contributed by atoms with Gasteiger partial charge in [-0.2, -0.15) is 5.06 Å². The molecule has 8 heteroatoms. The van der Waals surface area contributed by atoms with Gasteiger partial charge in [-0.3, -0.25) is 4.79 Å². The molecule has 25 heavy (non-hydrogen) atoms. The summed E-state index contributed by atoms with van der Waals surface area (Å²) in [6, 6.07) is 0. The third-order valence-corrected chi connectivity index (χ3v) is 4.69. The van der Waals surface area contributed by atoms with Crippen LogP contribution in [0.5, 0.6) is 0 Å². The summed E-state index contributed by atoms with van der Waals surface area (Å²) in [5.41, 5.74) is -0.634. The minimum atomic E-state index is -0.447. The second kappa shape index (κ2) is 9.34. The molecule has 0 aromatic rings. The van der Waals surface area contributed by atoms with Crippen LogP contribution in [0.25, 0.3) is 0 Å². The summed E-state index contributed by atoms with van der Waals surface area (Å²) in [5, 5.41) is 0.899. The lowest BCUT2D eigenvalue weighted by atomic mass is 9.82. The number of hydroxylamine groups is 2. The summed E-state index contributed by atoms with van der Waals surface area (Å²) in [5.74, 6) is -0.834. The molecule has 0 N–H and O–H groups in total. The first kappa shape index (κ1) is 21.6. The lowest BCUT2D eigenvalue weighted by Crippen LogP contribution is -2.41. The SMILES string of the molecule is CN(OC(=O)CCCCCB1OC(C)(C)C(C)(C)O1)C(=O)CCC=O. The Morgan fingerprint density at radius 1 is 1.04 bits per heavy atom. The molecule has 0 aliphatic carbocycles. The van der Waals surface area contributed by atoms with Crippen LogP contribution in [0.3, 0.4) is 0 Å². The van der Waals surface area contributed by atoms with Crippen LogP contribution in [0.2, 0.25) is 6.32 Å². The van der Waals surface area contributed by atoms with Crippen molar-refractivity contribution in [3.05, 3.63) is 0 Å². The Morgan fingerprint density at radius 2 is 1.64 bits per heavy atom. The van der Waals surface area contributed by atoms with E-state index in [2.05, 4.69) is 0 Å². The van der Waals surface area contributed by atoms with Crippen LogP contribution in [0.4, 0.5) is 0 Å². The molecule has 0 radical (unpaired) electrons. The van der Waals surface area contributed by atoms with Crippen LogP contribution < -0.4 is 0 Å². The van der Waals surface area contributed by atoms with E-state index in [1.165, 1.54) is 7.05 Å². The van der Waals surface area contributed by atoms with Gasteiger partial charge in [-0.15, -0.1) is 0 Å². The molecule has 7 nitrogen and oxygen atoms in total. The monoisotopic (exact) mass is 355 g/mol. The summed E-state index contributed by atoms with van der Waals surface area (Å²) in [6.45, 7) is 8.09. The second-order valence-corrected chi connectivity index (χ2v) is 7.35. The summed E-state index contributed by atoms with van der Waals surface area (Å²) in [6.07, 6.45) is 4.27. The zero-order valence-corrected chi connectivity index (χ0v) is 16.0. The highest BCUT2D eigenvalue weighted by Gasteiger charge is 2.50. The van der Waals surface area contributed by atoms with Gasteiger partial charge in [-0.1, -0.05) is 12.8 Å². The normalized spacial score (nSPS) is 18.0. The molecule has 0 bridgehead atoms. The van der Waals surface area contributed by atoms with Crippen molar-refractivity contribution in [1.29, 1.82) is 0 Å². The minimum Gasteiger partial charge on any atom is -0.403 e. The third-order valence-electron chi connectivity index (χ3n) is 4.69. The summed E-state index contributed by atoms with van der Waals surface area (Å²) in [4.78, 5) is 38.4. The fourth-order valence-corrected chi connectivity index (χ4v) is 2.43. The van der Waals surface area contributed by atoms with E-state index in [1.54, 1.807) is 0 Å². The largest absolute Gasteiger partial charge is 0.457 e. The average molecular weight is 355 g/mol. The lowest BCUT2D eigenvalue weighted by Gasteiger charge is -2.32. The van der Waals surface area contributed by atoms with Gasteiger partial charge in [0.2, 0.25) is 0 Å². The first-order chi connectivity index (χ1) is 11.6. The molecule has 0 unspecified atom stereocenters. The number of nitrogens with zero attached hydrogens (tertiary/aromatic N) is 1. The quantitative estimate of drug-likeness (QED) is 0.274. The van der Waals surface area contributed by atoms with Gasteiger partial charge in [0.1, 0.15) is 6.29 Å². The number of amides is 1. The lowest BCUT2D eigenvalue weighted by molar-refractivity contribution is -0.192. The summed E-state index contributed by atoms with van der Waals surface area (Å²) >= 11 is 0. The molecule has 0 spiro atoms. The van der Waals surface area contributed by atoms with Crippen molar-refractivity contribution in [2.24, 2.45) is 0 Å². The molecule has 1 aliphatic heterocycles. The van der Waals surface area contributed by atoms with E-state index < -0.39 is 5.97 Å². The minimum absolute atomic E-state index is 0.0430. The molecular weight excluding hydrogens is 325 g/mol. The maximum Gasteiger partial charge on any atom is 0.457 e. The van der Waals surface area contributed by atoms with E-state index >= 15 is 0 Å². The number of carbonyl (C=O) groups excluding carboxylic acids is 3. The van der Waals surface area contributed by atoms with Gasteiger partial charge in [0.15, 0.2) is 0 Å². The molecule has 1 aliphatic rings. The van der Waals surface area contributed by atoms with E-state index in [9.17, 15) is 14.4 Å². The van der Waals surface area contributed by atoms with Gasteiger partial charge in [-0.25, -0.2) is 4.79 Å². The number of rotatable bonds is 9. The Bertz CT molecular complexity index is 464. The second-order valence-electron chi connectivity index (χ2n) is 7.35. The van der Waals surface area contributed by atoms with E-state index in [1.807, 2.05) is 27.7 Å². The fraction of sp³-hybridized carbons (Fsp3) is 0.824. The van der Waals surface area contributed by atoms with Crippen molar-refractivity contribution in [1.82, 2.24) is 5.06 Å². The van der Waals surface area contributed by atoms with Gasteiger partial charge >= 0.3 is 13.1 Å². The van der Waals surface area contributed by atoms with E-state index in [0.29, 0.717) is 12.7 Å².